The van der Waals surface area contributed by atoms with Crippen LogP contribution in [-0.2, 0) is 0 Å². The van der Waals surface area contributed by atoms with Gasteiger partial charge in [-0.25, -0.2) is 0 Å². The molecule has 2 nitrogen and oxygen atoms in total. The molecule has 0 aliphatic heterocycles. The van der Waals surface area contributed by atoms with Gasteiger partial charge in [0.25, 0.3) is 0 Å². The number of carbonyl (C=O) groups excluding carboxylic acids is 1. The molecule has 0 bridgehead atoms. The number of ether oxygens (including phenoxy) is 1. The van der Waals surface area contributed by atoms with Gasteiger partial charge in [-0.3, -0.25) is 4.79 Å². The van der Waals surface area contributed by atoms with Crippen LogP contribution in [0.3, 0.4) is 0 Å². The van der Waals surface area contributed by atoms with Gasteiger partial charge in [-0.2, -0.15) is 0 Å². The van der Waals surface area contributed by atoms with Gasteiger partial charge in [-0.15, -0.1) is 0 Å². The van der Waals surface area contributed by atoms with Crippen LogP contribution >= 0.6 is 15.9 Å². The zero-order valence-electron chi connectivity index (χ0n) is 9.92. The molecule has 1 aromatic carbocycles. The van der Waals surface area contributed by atoms with Crippen LogP contribution in [0, 0.1) is 5.92 Å². The standard InChI is InChI=1S/C13H17BrO2/c1-9(2)4-7-13(15)11-6-5-10(16-3)8-12(11)14/h5-6,8-9H,4,7H2,1-3H3. The molecule has 0 N–H and O–H groups in total. The Kier molecular flexibility index (Phi) is 5.00. The number of ketones is 1. The van der Waals surface area contributed by atoms with Gasteiger partial charge in [-0.1, -0.05) is 13.8 Å². The van der Waals surface area contributed by atoms with E-state index in [4.69, 9.17) is 4.74 Å². The third kappa shape index (κ3) is 3.63. The van der Waals surface area contributed by atoms with E-state index < -0.39 is 0 Å². The molecular weight excluding hydrogens is 268 g/mol. The van der Waals surface area contributed by atoms with Crippen LogP contribution in [0.4, 0.5) is 0 Å². The highest BCUT2D eigenvalue weighted by Gasteiger charge is 2.11. The Balaban J connectivity index is 2.76. The highest BCUT2D eigenvalue weighted by atomic mass is 79.9. The van der Waals surface area contributed by atoms with Crippen LogP contribution in [0.5, 0.6) is 5.75 Å². The van der Waals surface area contributed by atoms with Crippen molar-refractivity contribution in [2.75, 3.05) is 7.11 Å². The van der Waals surface area contributed by atoms with Crippen molar-refractivity contribution in [2.24, 2.45) is 5.92 Å². The maximum Gasteiger partial charge on any atom is 0.164 e. The molecule has 3 heteroatoms. The van der Waals surface area contributed by atoms with Gasteiger partial charge in [0.1, 0.15) is 5.75 Å². The fraction of sp³-hybridized carbons (Fsp3) is 0.462. The third-order valence-electron chi connectivity index (χ3n) is 2.43. The lowest BCUT2D eigenvalue weighted by molar-refractivity contribution is 0.0974. The average Bonchev–Trinajstić information content (AvgIpc) is 2.25. The second-order valence-corrected chi connectivity index (χ2v) is 5.06. The average molecular weight is 285 g/mol. The van der Waals surface area contributed by atoms with E-state index >= 15 is 0 Å². The summed E-state index contributed by atoms with van der Waals surface area (Å²) in [6, 6.07) is 5.45. The molecule has 1 aromatic rings. The van der Waals surface area contributed by atoms with Crippen molar-refractivity contribution in [1.29, 1.82) is 0 Å². The number of hydrogen-bond donors (Lipinski definition) is 0. The van der Waals surface area contributed by atoms with E-state index in [9.17, 15) is 4.79 Å². The smallest absolute Gasteiger partial charge is 0.164 e. The normalized spacial score (nSPS) is 10.6. The number of methoxy groups -OCH3 is 1. The Labute approximate surface area is 105 Å². The molecule has 0 unspecified atom stereocenters. The number of hydrogen-bond acceptors (Lipinski definition) is 2. The first-order chi connectivity index (χ1) is 7.54. The number of Topliss-reactive ketones (excluding diaryl/α,β-unsaturated/α-hetero) is 1. The van der Waals surface area contributed by atoms with Crippen LogP contribution in [-0.4, -0.2) is 12.9 Å². The van der Waals surface area contributed by atoms with Gasteiger partial charge in [0, 0.05) is 16.5 Å². The summed E-state index contributed by atoms with van der Waals surface area (Å²) < 4.78 is 5.89. The molecule has 1 rings (SSSR count). The molecule has 0 saturated carbocycles. The molecule has 0 spiro atoms. The van der Waals surface area contributed by atoms with E-state index in [1.54, 1.807) is 7.11 Å². The van der Waals surface area contributed by atoms with E-state index in [-0.39, 0.29) is 5.78 Å². The maximum atomic E-state index is 11.9. The Morgan fingerprint density at radius 1 is 1.44 bits per heavy atom. The van der Waals surface area contributed by atoms with Crippen LogP contribution < -0.4 is 4.74 Å². The summed E-state index contributed by atoms with van der Waals surface area (Å²) in [4.78, 5) is 11.9. The van der Waals surface area contributed by atoms with E-state index in [0.29, 0.717) is 12.3 Å². The van der Waals surface area contributed by atoms with E-state index in [1.807, 2.05) is 18.2 Å². The first-order valence-corrected chi connectivity index (χ1v) is 6.20. The molecule has 0 amide bonds. The summed E-state index contributed by atoms with van der Waals surface area (Å²) in [6.07, 6.45) is 1.53. The van der Waals surface area contributed by atoms with E-state index in [0.717, 1.165) is 22.2 Å². The monoisotopic (exact) mass is 284 g/mol. The Hall–Kier alpha value is -0.830. The summed E-state index contributed by atoms with van der Waals surface area (Å²) >= 11 is 3.39. The molecule has 88 valence electrons. The number of benzene rings is 1. The lowest BCUT2D eigenvalue weighted by Crippen LogP contribution is -2.02. The molecule has 0 saturated heterocycles. The van der Waals surface area contributed by atoms with Crippen molar-refractivity contribution in [3.05, 3.63) is 28.2 Å². The zero-order valence-corrected chi connectivity index (χ0v) is 11.5. The molecule has 0 aromatic heterocycles. The van der Waals surface area contributed by atoms with E-state index in [2.05, 4.69) is 29.8 Å². The van der Waals surface area contributed by atoms with Crippen molar-refractivity contribution in [2.45, 2.75) is 26.7 Å². The number of carbonyl (C=O) groups is 1. The topological polar surface area (TPSA) is 26.3 Å². The van der Waals surface area contributed by atoms with Gasteiger partial charge in [0.15, 0.2) is 5.78 Å². The van der Waals surface area contributed by atoms with Crippen LogP contribution in [0.25, 0.3) is 0 Å². The summed E-state index contributed by atoms with van der Waals surface area (Å²) in [5.41, 5.74) is 0.737. The van der Waals surface area contributed by atoms with Crippen molar-refractivity contribution in [1.82, 2.24) is 0 Å². The largest absolute Gasteiger partial charge is 0.497 e. The van der Waals surface area contributed by atoms with E-state index in [1.165, 1.54) is 0 Å². The van der Waals surface area contributed by atoms with Gasteiger partial charge < -0.3 is 4.74 Å². The Morgan fingerprint density at radius 3 is 2.62 bits per heavy atom. The predicted molar refractivity (Wildman–Crippen MR) is 69.1 cm³/mol. The molecule has 0 fully saturated rings. The first-order valence-electron chi connectivity index (χ1n) is 5.41. The fourth-order valence-corrected chi connectivity index (χ4v) is 1.98. The lowest BCUT2D eigenvalue weighted by atomic mass is 10.0. The van der Waals surface area contributed by atoms with Crippen molar-refractivity contribution in [3.63, 3.8) is 0 Å². The lowest BCUT2D eigenvalue weighted by Gasteiger charge is -2.07. The molecule has 0 radical (unpaired) electrons. The predicted octanol–water partition coefficient (Wildman–Crippen LogP) is 4.08. The molecule has 0 heterocycles. The summed E-state index contributed by atoms with van der Waals surface area (Å²) in [5, 5.41) is 0. The quantitative estimate of drug-likeness (QED) is 0.762. The number of halogens is 1. The van der Waals surface area contributed by atoms with Crippen LogP contribution in [0.1, 0.15) is 37.0 Å². The Bertz CT molecular complexity index is 372. The zero-order chi connectivity index (χ0) is 12.1. The maximum absolute atomic E-state index is 11.9. The van der Waals surface area contributed by atoms with Gasteiger partial charge in [-0.05, 0) is 46.5 Å². The Morgan fingerprint density at radius 2 is 2.12 bits per heavy atom. The number of rotatable bonds is 5. The second kappa shape index (κ2) is 6.04. The van der Waals surface area contributed by atoms with Crippen LogP contribution in [0.2, 0.25) is 0 Å². The first kappa shape index (κ1) is 13.2. The summed E-state index contributed by atoms with van der Waals surface area (Å²) in [6.45, 7) is 4.24. The molecule has 0 atom stereocenters. The van der Waals surface area contributed by atoms with Gasteiger partial charge in [0.05, 0.1) is 7.11 Å². The molecule has 0 aliphatic rings. The summed E-state index contributed by atoms with van der Waals surface area (Å²) in [5.74, 6) is 1.50. The molecular formula is C13H17BrO2. The second-order valence-electron chi connectivity index (χ2n) is 4.20. The highest BCUT2D eigenvalue weighted by Crippen LogP contribution is 2.24. The summed E-state index contributed by atoms with van der Waals surface area (Å²) in [7, 11) is 1.61. The van der Waals surface area contributed by atoms with Crippen LogP contribution in [0.15, 0.2) is 22.7 Å². The minimum Gasteiger partial charge on any atom is -0.497 e. The van der Waals surface area contributed by atoms with Gasteiger partial charge >= 0.3 is 0 Å². The molecule has 0 aliphatic carbocycles. The third-order valence-corrected chi connectivity index (χ3v) is 3.08. The minimum absolute atomic E-state index is 0.184. The SMILES string of the molecule is COc1ccc(C(=O)CCC(C)C)c(Br)c1. The minimum atomic E-state index is 0.184. The highest BCUT2D eigenvalue weighted by molar-refractivity contribution is 9.10. The van der Waals surface area contributed by atoms with Crippen molar-refractivity contribution < 1.29 is 9.53 Å². The fourth-order valence-electron chi connectivity index (χ4n) is 1.40. The molecule has 16 heavy (non-hydrogen) atoms. The van der Waals surface area contributed by atoms with Gasteiger partial charge in [0.2, 0.25) is 0 Å². The van der Waals surface area contributed by atoms with Crippen molar-refractivity contribution >= 4 is 21.7 Å². The van der Waals surface area contributed by atoms with Crippen molar-refractivity contribution in [3.8, 4) is 5.75 Å².